The van der Waals surface area contributed by atoms with Crippen molar-refractivity contribution in [2.45, 2.75) is 9.79 Å². The minimum atomic E-state index is -0.943. The average Bonchev–Trinajstić information content (AvgIpc) is 2.48. The highest BCUT2D eigenvalue weighted by atomic mass is 32.2. The Kier molecular flexibility index (Phi) is 3.54. The Bertz CT molecular complexity index is 816. The first-order valence-corrected chi connectivity index (χ1v) is 7.26. The van der Waals surface area contributed by atoms with Crippen LogP contribution in [0.3, 0.4) is 0 Å². The third-order valence-electron chi connectivity index (χ3n) is 3.24. The molecule has 4 heteroatoms. The molecule has 0 radical (unpaired) electrons. The van der Waals surface area contributed by atoms with E-state index in [-0.39, 0.29) is 5.56 Å². The monoisotopic (exact) mass is 295 g/mol. The van der Waals surface area contributed by atoms with E-state index in [9.17, 15) is 9.90 Å². The molecule has 3 aromatic carbocycles. The molecular weight excluding hydrogens is 282 g/mol. The van der Waals surface area contributed by atoms with Gasteiger partial charge in [0.2, 0.25) is 0 Å². The van der Waals surface area contributed by atoms with Crippen molar-refractivity contribution in [3.05, 3.63) is 66.2 Å². The van der Waals surface area contributed by atoms with Crippen LogP contribution in [0.4, 0.5) is 5.69 Å². The van der Waals surface area contributed by atoms with Gasteiger partial charge in [-0.3, -0.25) is 0 Å². The standard InChI is InChI=1S/C17H13NO2S/c18-14-8-4-7-12-13(17(19)20)9-10-15(16(12)14)21-11-5-2-1-3-6-11/h1-10H,18H2,(H,19,20). The number of rotatable bonds is 3. The summed E-state index contributed by atoms with van der Waals surface area (Å²) in [5, 5.41) is 10.8. The third kappa shape index (κ3) is 2.58. The second-order valence-electron chi connectivity index (χ2n) is 4.60. The maximum Gasteiger partial charge on any atom is 0.336 e. The predicted octanol–water partition coefficient (Wildman–Crippen LogP) is 4.27. The lowest BCUT2D eigenvalue weighted by Crippen LogP contribution is -1.99. The van der Waals surface area contributed by atoms with Gasteiger partial charge >= 0.3 is 5.97 Å². The highest BCUT2D eigenvalue weighted by Gasteiger charge is 2.13. The molecular formula is C17H13NO2S. The number of anilines is 1. The van der Waals surface area contributed by atoms with Crippen molar-refractivity contribution in [3.63, 3.8) is 0 Å². The largest absolute Gasteiger partial charge is 0.478 e. The molecule has 0 fully saturated rings. The fraction of sp³-hybridized carbons (Fsp3) is 0. The highest BCUT2D eigenvalue weighted by Crippen LogP contribution is 2.37. The van der Waals surface area contributed by atoms with Gasteiger partial charge in [0.15, 0.2) is 0 Å². The van der Waals surface area contributed by atoms with E-state index >= 15 is 0 Å². The molecule has 0 aromatic heterocycles. The van der Waals surface area contributed by atoms with Gasteiger partial charge in [0, 0.05) is 20.9 Å². The lowest BCUT2D eigenvalue weighted by atomic mass is 10.0. The summed E-state index contributed by atoms with van der Waals surface area (Å²) in [7, 11) is 0. The van der Waals surface area contributed by atoms with Crippen LogP contribution in [0.15, 0.2) is 70.5 Å². The van der Waals surface area contributed by atoms with Crippen molar-refractivity contribution in [1.82, 2.24) is 0 Å². The van der Waals surface area contributed by atoms with Crippen molar-refractivity contribution < 1.29 is 9.90 Å². The molecule has 0 atom stereocenters. The van der Waals surface area contributed by atoms with Crippen molar-refractivity contribution in [1.29, 1.82) is 0 Å². The van der Waals surface area contributed by atoms with E-state index in [0.717, 1.165) is 15.2 Å². The molecule has 0 aliphatic rings. The fourth-order valence-electron chi connectivity index (χ4n) is 2.29. The Hall–Kier alpha value is -2.46. The summed E-state index contributed by atoms with van der Waals surface area (Å²) in [5.74, 6) is -0.943. The Morgan fingerprint density at radius 2 is 1.71 bits per heavy atom. The van der Waals surface area contributed by atoms with E-state index in [1.165, 1.54) is 0 Å². The summed E-state index contributed by atoms with van der Waals surface area (Å²) in [4.78, 5) is 13.4. The van der Waals surface area contributed by atoms with Crippen molar-refractivity contribution >= 4 is 34.2 Å². The fourth-order valence-corrected chi connectivity index (χ4v) is 3.30. The first-order chi connectivity index (χ1) is 10.2. The van der Waals surface area contributed by atoms with Crippen molar-refractivity contribution in [2.24, 2.45) is 0 Å². The summed E-state index contributed by atoms with van der Waals surface area (Å²) < 4.78 is 0. The molecule has 0 amide bonds. The topological polar surface area (TPSA) is 63.3 Å². The number of aromatic carboxylic acids is 1. The number of carboxylic acids is 1. The number of benzene rings is 3. The molecule has 3 rings (SSSR count). The first-order valence-electron chi connectivity index (χ1n) is 6.44. The molecule has 0 heterocycles. The molecule has 3 aromatic rings. The van der Waals surface area contributed by atoms with Crippen LogP contribution in [-0.4, -0.2) is 11.1 Å². The molecule has 104 valence electrons. The number of nitrogens with two attached hydrogens (primary N) is 1. The van der Waals surface area contributed by atoms with Crippen LogP contribution in [0.1, 0.15) is 10.4 Å². The molecule has 3 N–H and O–H groups in total. The number of hydrogen-bond donors (Lipinski definition) is 2. The second-order valence-corrected chi connectivity index (χ2v) is 5.72. The SMILES string of the molecule is Nc1cccc2c(C(=O)O)ccc(Sc3ccccc3)c12. The van der Waals surface area contributed by atoms with E-state index in [2.05, 4.69) is 0 Å². The number of hydrogen-bond acceptors (Lipinski definition) is 3. The maximum atomic E-state index is 11.3. The Labute approximate surface area is 126 Å². The summed E-state index contributed by atoms with van der Waals surface area (Å²) in [6.07, 6.45) is 0. The summed E-state index contributed by atoms with van der Waals surface area (Å²) in [6, 6.07) is 18.8. The van der Waals surface area contributed by atoms with Crippen LogP contribution in [0.25, 0.3) is 10.8 Å². The number of nitrogen functional groups attached to an aromatic ring is 1. The quantitative estimate of drug-likeness (QED) is 0.708. The molecule has 0 spiro atoms. The molecule has 0 unspecified atom stereocenters. The zero-order valence-corrected chi connectivity index (χ0v) is 11.9. The van der Waals surface area contributed by atoms with Gasteiger partial charge in [-0.25, -0.2) is 4.79 Å². The molecule has 0 aliphatic carbocycles. The van der Waals surface area contributed by atoms with E-state index in [4.69, 9.17) is 5.73 Å². The summed E-state index contributed by atoms with van der Waals surface area (Å²) in [5.41, 5.74) is 6.94. The molecule has 0 saturated carbocycles. The Morgan fingerprint density at radius 3 is 2.43 bits per heavy atom. The second kappa shape index (κ2) is 5.50. The minimum Gasteiger partial charge on any atom is -0.478 e. The zero-order valence-electron chi connectivity index (χ0n) is 11.1. The van der Waals surface area contributed by atoms with Gasteiger partial charge < -0.3 is 10.8 Å². The Morgan fingerprint density at radius 1 is 0.952 bits per heavy atom. The Balaban J connectivity index is 2.20. The molecule has 3 nitrogen and oxygen atoms in total. The van der Waals surface area contributed by atoms with Gasteiger partial charge in [-0.05, 0) is 35.7 Å². The average molecular weight is 295 g/mol. The highest BCUT2D eigenvalue weighted by molar-refractivity contribution is 7.99. The van der Waals surface area contributed by atoms with E-state index in [1.54, 1.807) is 36.0 Å². The van der Waals surface area contributed by atoms with E-state index in [1.807, 2.05) is 36.4 Å². The van der Waals surface area contributed by atoms with Crippen LogP contribution < -0.4 is 5.73 Å². The molecule has 0 aliphatic heterocycles. The van der Waals surface area contributed by atoms with Gasteiger partial charge in [0.1, 0.15) is 0 Å². The van der Waals surface area contributed by atoms with Gasteiger partial charge in [0.05, 0.1) is 5.56 Å². The van der Waals surface area contributed by atoms with Crippen LogP contribution in [0, 0.1) is 0 Å². The third-order valence-corrected chi connectivity index (χ3v) is 4.30. The van der Waals surface area contributed by atoms with Gasteiger partial charge in [-0.15, -0.1) is 0 Å². The van der Waals surface area contributed by atoms with Gasteiger partial charge in [-0.1, -0.05) is 42.1 Å². The normalized spacial score (nSPS) is 10.7. The molecule has 0 saturated heterocycles. The summed E-state index contributed by atoms with van der Waals surface area (Å²) in [6.45, 7) is 0. The number of carboxylic acid groups (broad SMARTS) is 1. The maximum absolute atomic E-state index is 11.3. The van der Waals surface area contributed by atoms with Crippen molar-refractivity contribution in [3.8, 4) is 0 Å². The van der Waals surface area contributed by atoms with Crippen LogP contribution in [0.2, 0.25) is 0 Å². The van der Waals surface area contributed by atoms with Crippen LogP contribution >= 0.6 is 11.8 Å². The van der Waals surface area contributed by atoms with Gasteiger partial charge in [0.25, 0.3) is 0 Å². The lowest BCUT2D eigenvalue weighted by Gasteiger charge is -2.11. The zero-order chi connectivity index (χ0) is 14.8. The van der Waals surface area contributed by atoms with Crippen LogP contribution in [0.5, 0.6) is 0 Å². The lowest BCUT2D eigenvalue weighted by molar-refractivity contribution is 0.0699. The molecule has 0 bridgehead atoms. The number of fused-ring (bicyclic) bond motifs is 1. The predicted molar refractivity (Wildman–Crippen MR) is 85.9 cm³/mol. The van der Waals surface area contributed by atoms with E-state index in [0.29, 0.717) is 11.1 Å². The van der Waals surface area contributed by atoms with Crippen LogP contribution in [-0.2, 0) is 0 Å². The molecule has 21 heavy (non-hydrogen) atoms. The summed E-state index contributed by atoms with van der Waals surface area (Å²) >= 11 is 1.58. The first kappa shape index (κ1) is 13.5. The van der Waals surface area contributed by atoms with Gasteiger partial charge in [-0.2, -0.15) is 0 Å². The van der Waals surface area contributed by atoms with Crippen molar-refractivity contribution in [2.75, 3.05) is 5.73 Å². The minimum absolute atomic E-state index is 0.273. The van der Waals surface area contributed by atoms with E-state index < -0.39 is 5.97 Å². The number of carbonyl (C=O) groups is 1. The smallest absolute Gasteiger partial charge is 0.336 e.